The van der Waals surface area contributed by atoms with Crippen molar-refractivity contribution in [1.29, 1.82) is 0 Å². The molecular weight excluding hydrogens is 314 g/mol. The minimum Gasteiger partial charge on any atom is -0.394 e. The monoisotopic (exact) mass is 331 g/mol. The molecule has 0 bridgehead atoms. The predicted octanol–water partition coefficient (Wildman–Crippen LogP) is 2.80. The van der Waals surface area contributed by atoms with E-state index in [4.69, 9.17) is 16.3 Å². The third-order valence-corrected chi connectivity index (χ3v) is 4.26. The zero-order valence-corrected chi connectivity index (χ0v) is 13.3. The van der Waals surface area contributed by atoms with Gasteiger partial charge in [-0.25, -0.2) is 0 Å². The van der Waals surface area contributed by atoms with Gasteiger partial charge in [0.15, 0.2) is 6.10 Å². The van der Waals surface area contributed by atoms with Crippen LogP contribution in [0, 0.1) is 0 Å². The maximum Gasteiger partial charge on any atom is 0.254 e. The van der Waals surface area contributed by atoms with E-state index in [0.717, 1.165) is 23.1 Å². The molecule has 120 valence electrons. The number of ether oxygens (including phenoxy) is 1. The number of hydrogen-bond acceptors (Lipinski definition) is 3. The van der Waals surface area contributed by atoms with E-state index in [9.17, 15) is 9.90 Å². The number of rotatable bonds is 4. The highest BCUT2D eigenvalue weighted by molar-refractivity contribution is 6.30. The molecule has 3 rings (SSSR count). The maximum atomic E-state index is 12.6. The average molecular weight is 332 g/mol. The van der Waals surface area contributed by atoms with Crippen molar-refractivity contribution < 1.29 is 14.6 Å². The Morgan fingerprint density at radius 1 is 1.26 bits per heavy atom. The van der Waals surface area contributed by atoms with Gasteiger partial charge in [0.2, 0.25) is 0 Å². The van der Waals surface area contributed by atoms with Crippen molar-refractivity contribution in [3.8, 4) is 0 Å². The van der Waals surface area contributed by atoms with Crippen LogP contribution in [0.4, 0.5) is 0 Å². The van der Waals surface area contributed by atoms with Crippen molar-refractivity contribution in [2.45, 2.75) is 18.6 Å². The van der Waals surface area contributed by atoms with Crippen molar-refractivity contribution in [3.05, 3.63) is 70.2 Å². The Kier molecular flexibility index (Phi) is 4.96. The summed E-state index contributed by atoms with van der Waals surface area (Å²) in [5, 5.41) is 13.1. The number of fused-ring (bicyclic) bond motifs is 1. The molecule has 1 aliphatic heterocycles. The summed E-state index contributed by atoms with van der Waals surface area (Å²) < 4.78 is 5.65. The van der Waals surface area contributed by atoms with Gasteiger partial charge in [-0.3, -0.25) is 4.79 Å². The van der Waals surface area contributed by atoms with E-state index in [-0.39, 0.29) is 12.5 Å². The second-order valence-electron chi connectivity index (χ2n) is 5.49. The minimum absolute atomic E-state index is 0.193. The smallest absolute Gasteiger partial charge is 0.254 e. The molecule has 1 amide bonds. The fourth-order valence-electron chi connectivity index (χ4n) is 2.79. The number of halogens is 1. The van der Waals surface area contributed by atoms with Crippen LogP contribution in [-0.2, 0) is 16.0 Å². The molecule has 0 aliphatic carbocycles. The van der Waals surface area contributed by atoms with Gasteiger partial charge in [0, 0.05) is 5.02 Å². The largest absolute Gasteiger partial charge is 0.394 e. The third-order valence-electron chi connectivity index (χ3n) is 4.00. The van der Waals surface area contributed by atoms with Crippen LogP contribution >= 0.6 is 11.6 Å². The molecule has 0 spiro atoms. The summed E-state index contributed by atoms with van der Waals surface area (Å²) in [6, 6.07) is 14.3. The lowest BCUT2D eigenvalue weighted by molar-refractivity contribution is -0.135. The first-order valence-corrected chi connectivity index (χ1v) is 7.93. The normalized spacial score (nSPS) is 18.1. The molecule has 2 N–H and O–H groups in total. The molecule has 5 heteroatoms. The third kappa shape index (κ3) is 3.55. The van der Waals surface area contributed by atoms with Gasteiger partial charge in [-0.05, 0) is 35.2 Å². The van der Waals surface area contributed by atoms with Crippen molar-refractivity contribution >= 4 is 17.5 Å². The molecule has 1 heterocycles. The van der Waals surface area contributed by atoms with Crippen LogP contribution in [0.5, 0.6) is 0 Å². The Morgan fingerprint density at radius 2 is 2.00 bits per heavy atom. The molecule has 0 aromatic heterocycles. The highest BCUT2D eigenvalue weighted by atomic mass is 35.5. The van der Waals surface area contributed by atoms with E-state index in [1.807, 2.05) is 24.3 Å². The van der Waals surface area contributed by atoms with Crippen LogP contribution in [0.2, 0.25) is 5.02 Å². The number of aliphatic hydroxyl groups is 1. The quantitative estimate of drug-likeness (QED) is 0.905. The molecule has 0 radical (unpaired) electrons. The number of aliphatic hydroxyl groups excluding tert-OH is 1. The van der Waals surface area contributed by atoms with Crippen LogP contribution in [-0.4, -0.2) is 24.2 Å². The number of amides is 1. The van der Waals surface area contributed by atoms with E-state index in [1.165, 1.54) is 0 Å². The standard InChI is InChI=1S/C18H18ClNO3/c19-14-7-5-13(6-8-14)16(11-21)20-18(22)17-15-4-2-1-3-12(15)9-10-23-17/h1-8,16-17,21H,9-11H2,(H,20,22). The van der Waals surface area contributed by atoms with Crippen molar-refractivity contribution in [1.82, 2.24) is 5.32 Å². The zero-order chi connectivity index (χ0) is 16.2. The molecule has 2 aromatic carbocycles. The molecule has 2 aromatic rings. The second-order valence-corrected chi connectivity index (χ2v) is 5.93. The highest BCUT2D eigenvalue weighted by Gasteiger charge is 2.28. The number of carbonyl (C=O) groups excluding carboxylic acids is 1. The first kappa shape index (κ1) is 16.0. The fraction of sp³-hybridized carbons (Fsp3) is 0.278. The molecule has 0 saturated heterocycles. The summed E-state index contributed by atoms with van der Waals surface area (Å²) in [4.78, 5) is 12.6. The molecule has 23 heavy (non-hydrogen) atoms. The van der Waals surface area contributed by atoms with Crippen LogP contribution in [0.3, 0.4) is 0 Å². The van der Waals surface area contributed by atoms with E-state index in [1.54, 1.807) is 24.3 Å². The maximum absolute atomic E-state index is 12.6. The molecule has 4 nitrogen and oxygen atoms in total. The van der Waals surface area contributed by atoms with Crippen LogP contribution in [0.1, 0.15) is 28.8 Å². The van der Waals surface area contributed by atoms with E-state index >= 15 is 0 Å². The Bertz CT molecular complexity index is 687. The van der Waals surface area contributed by atoms with Gasteiger partial charge in [-0.2, -0.15) is 0 Å². The molecule has 0 fully saturated rings. The lowest BCUT2D eigenvalue weighted by atomic mass is 9.96. The van der Waals surface area contributed by atoms with Crippen LogP contribution in [0.25, 0.3) is 0 Å². The highest BCUT2D eigenvalue weighted by Crippen LogP contribution is 2.28. The summed E-state index contributed by atoms with van der Waals surface area (Å²) in [5.74, 6) is -0.244. The zero-order valence-electron chi connectivity index (χ0n) is 12.5. The Hall–Kier alpha value is -1.88. The average Bonchev–Trinajstić information content (AvgIpc) is 2.60. The molecular formula is C18H18ClNO3. The van der Waals surface area contributed by atoms with Gasteiger partial charge in [0.1, 0.15) is 0 Å². The van der Waals surface area contributed by atoms with Gasteiger partial charge in [0.05, 0.1) is 19.3 Å². The van der Waals surface area contributed by atoms with Crippen LogP contribution in [0.15, 0.2) is 48.5 Å². The Morgan fingerprint density at radius 3 is 2.74 bits per heavy atom. The number of hydrogen-bond donors (Lipinski definition) is 2. The predicted molar refractivity (Wildman–Crippen MR) is 88.3 cm³/mol. The summed E-state index contributed by atoms with van der Waals surface area (Å²) in [7, 11) is 0. The molecule has 1 aliphatic rings. The van der Waals surface area contributed by atoms with Gasteiger partial charge < -0.3 is 15.2 Å². The number of nitrogens with one attached hydrogen (secondary N) is 1. The topological polar surface area (TPSA) is 58.6 Å². The van der Waals surface area contributed by atoms with E-state index in [0.29, 0.717) is 11.6 Å². The van der Waals surface area contributed by atoms with Crippen molar-refractivity contribution in [2.24, 2.45) is 0 Å². The van der Waals surface area contributed by atoms with Gasteiger partial charge in [-0.15, -0.1) is 0 Å². The van der Waals surface area contributed by atoms with Gasteiger partial charge in [-0.1, -0.05) is 48.0 Å². The lowest BCUT2D eigenvalue weighted by Gasteiger charge is -2.27. The van der Waals surface area contributed by atoms with E-state index < -0.39 is 12.1 Å². The summed E-state index contributed by atoms with van der Waals surface area (Å²) >= 11 is 5.87. The Labute approximate surface area is 140 Å². The minimum atomic E-state index is -0.638. The van der Waals surface area contributed by atoms with Crippen molar-refractivity contribution in [3.63, 3.8) is 0 Å². The Balaban J connectivity index is 1.77. The summed E-state index contributed by atoms with van der Waals surface area (Å²) in [5.41, 5.74) is 2.82. The lowest BCUT2D eigenvalue weighted by Crippen LogP contribution is -2.37. The number of benzene rings is 2. The summed E-state index contributed by atoms with van der Waals surface area (Å²) in [6.07, 6.45) is 0.168. The molecule has 2 unspecified atom stereocenters. The molecule has 2 atom stereocenters. The second kappa shape index (κ2) is 7.13. The van der Waals surface area contributed by atoms with Gasteiger partial charge in [0.25, 0.3) is 5.91 Å². The first-order chi connectivity index (χ1) is 11.2. The van der Waals surface area contributed by atoms with Gasteiger partial charge >= 0.3 is 0 Å². The summed E-state index contributed by atoms with van der Waals surface area (Å²) in [6.45, 7) is 0.321. The molecule has 0 saturated carbocycles. The number of carbonyl (C=O) groups is 1. The fourth-order valence-corrected chi connectivity index (χ4v) is 2.91. The first-order valence-electron chi connectivity index (χ1n) is 7.55. The SMILES string of the molecule is O=C(NC(CO)c1ccc(Cl)cc1)C1OCCc2ccccc21. The van der Waals surface area contributed by atoms with E-state index in [2.05, 4.69) is 5.32 Å². The van der Waals surface area contributed by atoms with Crippen LogP contribution < -0.4 is 5.32 Å². The van der Waals surface area contributed by atoms with Crippen molar-refractivity contribution in [2.75, 3.05) is 13.2 Å².